The number of anilines is 1. The number of nitrogens with one attached hydrogen (secondary N) is 3. The van der Waals surface area contributed by atoms with Crippen LogP contribution in [0.25, 0.3) is 10.9 Å². The average molecular weight is 338 g/mol. The molecule has 0 radical (unpaired) electrons. The van der Waals surface area contributed by atoms with Gasteiger partial charge in [0.15, 0.2) is 0 Å². The summed E-state index contributed by atoms with van der Waals surface area (Å²) >= 11 is 0. The summed E-state index contributed by atoms with van der Waals surface area (Å²) in [7, 11) is 1.65. The minimum atomic E-state index is -0.122. The Morgan fingerprint density at radius 3 is 3.00 bits per heavy atom. The average Bonchev–Trinajstić information content (AvgIpc) is 3.05. The summed E-state index contributed by atoms with van der Waals surface area (Å²) in [6.45, 7) is 1.84. The lowest BCUT2D eigenvalue weighted by atomic mass is 10.1. The van der Waals surface area contributed by atoms with Crippen LogP contribution >= 0.6 is 0 Å². The first kappa shape index (κ1) is 17.0. The molecule has 0 spiro atoms. The topological polar surface area (TPSA) is 79.0 Å². The fourth-order valence-corrected chi connectivity index (χ4v) is 2.71. The standard InChI is InChI=1S/C19H22N4O2/c1-25-9-8-21-16-10-15(11-20-13-16)19(24)22-7-6-14-12-23-18-5-3-2-4-17(14)18/h2-5,10-13,21,23H,6-9H2,1H3,(H,22,24). The second kappa shape index (κ2) is 8.30. The molecule has 3 aromatic rings. The van der Waals surface area contributed by atoms with Crippen molar-refractivity contribution in [3.63, 3.8) is 0 Å². The lowest BCUT2D eigenvalue weighted by molar-refractivity contribution is 0.0954. The van der Waals surface area contributed by atoms with Gasteiger partial charge >= 0.3 is 0 Å². The van der Waals surface area contributed by atoms with Gasteiger partial charge in [-0.05, 0) is 24.1 Å². The van der Waals surface area contributed by atoms with Crippen LogP contribution in [0.3, 0.4) is 0 Å². The molecule has 3 N–H and O–H groups in total. The fourth-order valence-electron chi connectivity index (χ4n) is 2.71. The smallest absolute Gasteiger partial charge is 0.252 e. The summed E-state index contributed by atoms with van der Waals surface area (Å²) in [5.74, 6) is -0.122. The van der Waals surface area contributed by atoms with E-state index in [1.807, 2.05) is 24.4 Å². The molecule has 0 unspecified atom stereocenters. The number of methoxy groups -OCH3 is 1. The van der Waals surface area contributed by atoms with Crippen LogP contribution in [-0.2, 0) is 11.2 Å². The van der Waals surface area contributed by atoms with Gasteiger partial charge in [-0.3, -0.25) is 9.78 Å². The van der Waals surface area contributed by atoms with Crippen LogP contribution in [0.1, 0.15) is 15.9 Å². The Kier molecular flexibility index (Phi) is 5.64. The quantitative estimate of drug-likeness (QED) is 0.552. The minimum absolute atomic E-state index is 0.122. The van der Waals surface area contributed by atoms with Crippen molar-refractivity contribution in [2.24, 2.45) is 0 Å². The van der Waals surface area contributed by atoms with Crippen molar-refractivity contribution in [3.8, 4) is 0 Å². The second-order valence-electron chi connectivity index (χ2n) is 5.75. The van der Waals surface area contributed by atoms with Gasteiger partial charge in [-0.1, -0.05) is 18.2 Å². The summed E-state index contributed by atoms with van der Waals surface area (Å²) in [4.78, 5) is 19.7. The van der Waals surface area contributed by atoms with Gasteiger partial charge in [0.05, 0.1) is 17.9 Å². The number of carbonyl (C=O) groups excluding carboxylic acids is 1. The Morgan fingerprint density at radius 2 is 2.12 bits per heavy atom. The highest BCUT2D eigenvalue weighted by Crippen LogP contribution is 2.17. The molecule has 2 aromatic heterocycles. The number of para-hydroxylation sites is 1. The van der Waals surface area contributed by atoms with Crippen molar-refractivity contribution >= 4 is 22.5 Å². The van der Waals surface area contributed by atoms with Gasteiger partial charge in [0.25, 0.3) is 5.91 Å². The molecule has 6 heteroatoms. The van der Waals surface area contributed by atoms with E-state index in [0.717, 1.165) is 17.6 Å². The van der Waals surface area contributed by atoms with Crippen molar-refractivity contribution < 1.29 is 9.53 Å². The van der Waals surface area contributed by atoms with Crippen molar-refractivity contribution in [2.45, 2.75) is 6.42 Å². The summed E-state index contributed by atoms with van der Waals surface area (Å²) < 4.78 is 5.00. The molecule has 2 heterocycles. The second-order valence-corrected chi connectivity index (χ2v) is 5.75. The van der Waals surface area contributed by atoms with Crippen molar-refractivity contribution in [1.29, 1.82) is 0 Å². The Bertz CT molecular complexity index is 844. The molecule has 0 aliphatic rings. The highest BCUT2D eigenvalue weighted by Gasteiger charge is 2.08. The summed E-state index contributed by atoms with van der Waals surface area (Å²) in [6, 6.07) is 9.95. The monoisotopic (exact) mass is 338 g/mol. The molecular weight excluding hydrogens is 316 g/mol. The maximum Gasteiger partial charge on any atom is 0.252 e. The van der Waals surface area contributed by atoms with Crippen LogP contribution in [-0.4, -0.2) is 42.7 Å². The number of benzene rings is 1. The molecule has 6 nitrogen and oxygen atoms in total. The van der Waals surface area contributed by atoms with Crippen LogP contribution in [0.5, 0.6) is 0 Å². The number of hydrogen-bond acceptors (Lipinski definition) is 4. The zero-order chi connectivity index (χ0) is 17.5. The van der Waals surface area contributed by atoms with Crippen LogP contribution in [0.4, 0.5) is 5.69 Å². The highest BCUT2D eigenvalue weighted by molar-refractivity contribution is 5.94. The molecule has 130 valence electrons. The predicted octanol–water partition coefficient (Wildman–Crippen LogP) is 2.59. The van der Waals surface area contributed by atoms with E-state index < -0.39 is 0 Å². The number of fused-ring (bicyclic) bond motifs is 1. The minimum Gasteiger partial charge on any atom is -0.383 e. The van der Waals surface area contributed by atoms with Crippen LogP contribution < -0.4 is 10.6 Å². The zero-order valence-electron chi connectivity index (χ0n) is 14.2. The van der Waals surface area contributed by atoms with Crippen LogP contribution in [0.2, 0.25) is 0 Å². The number of H-pyrrole nitrogens is 1. The van der Waals surface area contributed by atoms with E-state index in [1.54, 1.807) is 25.6 Å². The lowest BCUT2D eigenvalue weighted by Gasteiger charge is -2.08. The molecule has 0 fully saturated rings. The number of aromatic amines is 1. The molecule has 3 rings (SSSR count). The Labute approximate surface area is 146 Å². The molecule has 1 aromatic carbocycles. The van der Waals surface area contributed by atoms with E-state index in [4.69, 9.17) is 4.74 Å². The number of hydrogen-bond donors (Lipinski definition) is 3. The normalized spacial score (nSPS) is 10.8. The summed E-state index contributed by atoms with van der Waals surface area (Å²) in [6.07, 6.45) is 6.04. The first-order valence-electron chi connectivity index (χ1n) is 8.29. The van der Waals surface area contributed by atoms with E-state index in [-0.39, 0.29) is 5.91 Å². The lowest BCUT2D eigenvalue weighted by Crippen LogP contribution is -2.25. The molecule has 1 amide bonds. The molecule has 0 aliphatic heterocycles. The molecule has 0 saturated carbocycles. The number of amides is 1. The third kappa shape index (κ3) is 4.36. The zero-order valence-corrected chi connectivity index (χ0v) is 14.2. The van der Waals surface area contributed by atoms with Crippen molar-refractivity contribution in [3.05, 3.63) is 60.0 Å². The first-order chi connectivity index (χ1) is 12.3. The molecule has 0 atom stereocenters. The largest absolute Gasteiger partial charge is 0.383 e. The van der Waals surface area contributed by atoms with E-state index >= 15 is 0 Å². The van der Waals surface area contributed by atoms with E-state index in [9.17, 15) is 4.79 Å². The summed E-state index contributed by atoms with van der Waals surface area (Å²) in [5.41, 5.74) is 3.66. The van der Waals surface area contributed by atoms with Gasteiger partial charge in [0.1, 0.15) is 0 Å². The number of ether oxygens (including phenoxy) is 1. The highest BCUT2D eigenvalue weighted by atomic mass is 16.5. The van der Waals surface area contributed by atoms with Gasteiger partial charge < -0.3 is 20.4 Å². The maximum atomic E-state index is 12.3. The number of pyridine rings is 1. The Hall–Kier alpha value is -2.86. The third-order valence-electron chi connectivity index (χ3n) is 3.99. The van der Waals surface area contributed by atoms with Gasteiger partial charge in [0, 0.05) is 49.7 Å². The molecule has 0 saturated heterocycles. The van der Waals surface area contributed by atoms with Gasteiger partial charge in [0.2, 0.25) is 0 Å². The van der Waals surface area contributed by atoms with Gasteiger partial charge in [-0.25, -0.2) is 0 Å². The Balaban J connectivity index is 1.55. The molecule has 0 aliphatic carbocycles. The Morgan fingerprint density at radius 1 is 1.24 bits per heavy atom. The molecule has 25 heavy (non-hydrogen) atoms. The molecular formula is C19H22N4O2. The fraction of sp³-hybridized carbons (Fsp3) is 0.263. The van der Waals surface area contributed by atoms with Crippen LogP contribution in [0, 0.1) is 0 Å². The van der Waals surface area contributed by atoms with Crippen LogP contribution in [0.15, 0.2) is 48.9 Å². The molecule has 0 bridgehead atoms. The number of aromatic nitrogens is 2. The van der Waals surface area contributed by atoms with E-state index in [1.165, 1.54) is 10.9 Å². The van der Waals surface area contributed by atoms with E-state index in [2.05, 4.69) is 26.7 Å². The number of nitrogens with zero attached hydrogens (tertiary/aromatic N) is 1. The maximum absolute atomic E-state index is 12.3. The first-order valence-corrected chi connectivity index (χ1v) is 8.29. The predicted molar refractivity (Wildman–Crippen MR) is 98.9 cm³/mol. The van der Waals surface area contributed by atoms with E-state index in [0.29, 0.717) is 25.3 Å². The summed E-state index contributed by atoms with van der Waals surface area (Å²) in [5, 5.41) is 7.32. The SMILES string of the molecule is COCCNc1cncc(C(=O)NCCc2c[nH]c3ccccc23)c1. The van der Waals surface area contributed by atoms with Crippen molar-refractivity contribution in [1.82, 2.24) is 15.3 Å². The third-order valence-corrected chi connectivity index (χ3v) is 3.99. The van der Waals surface area contributed by atoms with Gasteiger partial charge in [-0.2, -0.15) is 0 Å². The number of rotatable bonds is 8. The van der Waals surface area contributed by atoms with Crippen molar-refractivity contribution in [2.75, 3.05) is 32.1 Å². The van der Waals surface area contributed by atoms with Gasteiger partial charge in [-0.15, -0.1) is 0 Å². The number of carbonyl (C=O) groups is 1.